The first kappa shape index (κ1) is 23.3. The van der Waals surface area contributed by atoms with E-state index < -0.39 is 8.07 Å². The van der Waals surface area contributed by atoms with Gasteiger partial charge in [0.2, 0.25) is 0 Å². The maximum absolute atomic E-state index is 2.58. The summed E-state index contributed by atoms with van der Waals surface area (Å²) < 4.78 is 0. The van der Waals surface area contributed by atoms with Gasteiger partial charge in [0, 0.05) is 0 Å². The molecule has 164 valence electrons. The Morgan fingerprint density at radius 3 is 1.73 bits per heavy atom. The van der Waals surface area contributed by atoms with Gasteiger partial charge in [-0.2, -0.15) is 0 Å². The zero-order valence-electron chi connectivity index (χ0n) is 19.9. The van der Waals surface area contributed by atoms with Gasteiger partial charge in [-0.1, -0.05) is 139 Å². The van der Waals surface area contributed by atoms with Crippen LogP contribution in [0, 0.1) is 6.92 Å². The highest BCUT2D eigenvalue weighted by Crippen LogP contribution is 2.35. The summed E-state index contributed by atoms with van der Waals surface area (Å²) in [5.41, 5.74) is 4.58. The molecule has 3 rings (SSSR count). The number of hydrogen-bond acceptors (Lipinski definition) is 0. The number of aryl methyl sites for hydroxylation is 1. The second kappa shape index (κ2) is 11.9. The molecule has 0 saturated heterocycles. The fourth-order valence-corrected chi connectivity index (χ4v) is 11.4. The molecule has 2 aromatic rings. The summed E-state index contributed by atoms with van der Waals surface area (Å²) in [6.45, 7) is 6.92. The van der Waals surface area contributed by atoms with Crippen molar-refractivity contribution in [1.82, 2.24) is 0 Å². The van der Waals surface area contributed by atoms with E-state index in [1.165, 1.54) is 94.7 Å². The van der Waals surface area contributed by atoms with Crippen molar-refractivity contribution >= 4 is 18.4 Å². The summed E-state index contributed by atoms with van der Waals surface area (Å²) in [7, 11) is -1.64. The predicted molar refractivity (Wildman–Crippen MR) is 138 cm³/mol. The maximum atomic E-state index is 2.58. The largest absolute Gasteiger partial charge is 0.119 e. The third-order valence-corrected chi connectivity index (χ3v) is 12.7. The Morgan fingerprint density at radius 1 is 0.567 bits per heavy atom. The van der Waals surface area contributed by atoms with Crippen LogP contribution in [-0.2, 0) is 0 Å². The molecule has 0 unspecified atom stereocenters. The molecule has 0 radical (unpaired) electrons. The van der Waals surface area contributed by atoms with Gasteiger partial charge in [-0.15, -0.1) is 0 Å². The van der Waals surface area contributed by atoms with Gasteiger partial charge in [0.25, 0.3) is 0 Å². The molecule has 0 atom stereocenters. The maximum Gasteiger partial charge on any atom is 0.119 e. The van der Waals surface area contributed by atoms with Crippen LogP contribution < -0.4 is 10.4 Å². The minimum atomic E-state index is -1.64. The molecule has 1 heterocycles. The lowest BCUT2D eigenvalue weighted by Gasteiger charge is -2.30. The first-order valence-electron chi connectivity index (χ1n) is 12.9. The monoisotopic (exact) mass is 420 g/mol. The highest BCUT2D eigenvalue weighted by atomic mass is 28.3. The summed E-state index contributed by atoms with van der Waals surface area (Å²) >= 11 is 0. The average Bonchev–Trinajstić information content (AvgIpc) is 3.03. The van der Waals surface area contributed by atoms with Gasteiger partial charge < -0.3 is 0 Å². The van der Waals surface area contributed by atoms with E-state index >= 15 is 0 Å². The molecular formula is C29H44Si. The van der Waals surface area contributed by atoms with Crippen molar-refractivity contribution < 1.29 is 0 Å². The smallest absolute Gasteiger partial charge is 0.0654 e. The molecule has 0 aliphatic carbocycles. The van der Waals surface area contributed by atoms with Crippen LogP contribution in [0.5, 0.6) is 0 Å². The van der Waals surface area contributed by atoms with E-state index in [0.717, 1.165) is 0 Å². The summed E-state index contributed by atoms with van der Waals surface area (Å²) in [6, 6.07) is 19.7. The lowest BCUT2D eigenvalue weighted by molar-refractivity contribution is 0.616. The van der Waals surface area contributed by atoms with Crippen molar-refractivity contribution in [2.75, 3.05) is 0 Å². The average molecular weight is 421 g/mol. The third-order valence-electron chi connectivity index (χ3n) is 7.34. The van der Waals surface area contributed by atoms with Crippen LogP contribution >= 0.6 is 0 Å². The van der Waals surface area contributed by atoms with Crippen LogP contribution in [-0.4, -0.2) is 8.07 Å². The summed E-state index contributed by atoms with van der Waals surface area (Å²) in [5.74, 6) is 0. The van der Waals surface area contributed by atoms with Gasteiger partial charge in [-0.25, -0.2) is 0 Å². The Hall–Kier alpha value is -1.34. The number of unbranched alkanes of at least 4 members (excludes halogenated alkanes) is 10. The summed E-state index contributed by atoms with van der Waals surface area (Å²) in [5, 5.41) is 3.53. The highest BCUT2D eigenvalue weighted by molar-refractivity contribution is 7.05. The van der Waals surface area contributed by atoms with E-state index in [2.05, 4.69) is 63.2 Å². The van der Waals surface area contributed by atoms with Crippen molar-refractivity contribution in [3.63, 3.8) is 0 Å². The van der Waals surface area contributed by atoms with Crippen molar-refractivity contribution in [1.29, 1.82) is 0 Å². The van der Waals surface area contributed by atoms with Crippen LogP contribution in [0.3, 0.4) is 0 Å². The fourth-order valence-electron chi connectivity index (χ4n) is 5.65. The number of fused-ring (bicyclic) bond motifs is 3. The number of hydrogen-bond donors (Lipinski definition) is 0. The Kier molecular flexibility index (Phi) is 9.24. The van der Waals surface area contributed by atoms with Crippen LogP contribution in [0.15, 0.2) is 42.5 Å². The lowest BCUT2D eigenvalue weighted by atomic mass is 10.0. The minimum absolute atomic E-state index is 1.34. The Bertz CT molecular complexity index is 760. The van der Waals surface area contributed by atoms with Crippen molar-refractivity contribution in [2.24, 2.45) is 0 Å². The molecule has 30 heavy (non-hydrogen) atoms. The lowest BCUT2D eigenvalue weighted by Crippen LogP contribution is -2.55. The van der Waals surface area contributed by atoms with Gasteiger partial charge in [-0.3, -0.25) is 0 Å². The molecular weight excluding hydrogens is 376 g/mol. The predicted octanol–water partition coefficient (Wildman–Crippen LogP) is 8.26. The molecule has 0 N–H and O–H groups in total. The zero-order chi connectivity index (χ0) is 21.2. The zero-order valence-corrected chi connectivity index (χ0v) is 20.9. The van der Waals surface area contributed by atoms with Crippen LogP contribution in [0.2, 0.25) is 12.1 Å². The Labute approximate surface area is 187 Å². The molecule has 0 nitrogen and oxygen atoms in total. The topological polar surface area (TPSA) is 0 Å². The minimum Gasteiger partial charge on any atom is -0.0654 e. The van der Waals surface area contributed by atoms with Gasteiger partial charge >= 0.3 is 0 Å². The molecule has 2 aromatic carbocycles. The third kappa shape index (κ3) is 5.47. The normalized spacial score (nSPS) is 14.0. The van der Waals surface area contributed by atoms with Crippen molar-refractivity contribution in [3.05, 3.63) is 48.0 Å². The van der Waals surface area contributed by atoms with E-state index in [4.69, 9.17) is 0 Å². The van der Waals surface area contributed by atoms with Crippen molar-refractivity contribution in [3.8, 4) is 11.1 Å². The van der Waals surface area contributed by atoms with Gasteiger partial charge in [0.15, 0.2) is 0 Å². The summed E-state index contributed by atoms with van der Waals surface area (Å²) in [6.07, 6.45) is 16.9. The second-order valence-electron chi connectivity index (χ2n) is 9.71. The molecule has 0 amide bonds. The first-order chi connectivity index (χ1) is 14.7. The first-order valence-corrected chi connectivity index (χ1v) is 15.4. The number of rotatable bonds is 14. The molecule has 0 aromatic heterocycles. The molecule has 0 bridgehead atoms. The summed E-state index contributed by atoms with van der Waals surface area (Å²) in [4.78, 5) is 0. The van der Waals surface area contributed by atoms with E-state index in [0.29, 0.717) is 0 Å². The number of benzene rings is 2. The molecule has 1 heteroatoms. The SMILES string of the molecule is CCCCCCCC[Si]1(CCCCCCCC)c2ccccc2-c2ccc(C)cc21. The van der Waals surface area contributed by atoms with Gasteiger partial charge in [0.1, 0.15) is 8.07 Å². The van der Waals surface area contributed by atoms with E-state index in [-0.39, 0.29) is 0 Å². The van der Waals surface area contributed by atoms with E-state index in [9.17, 15) is 0 Å². The molecule has 0 saturated carbocycles. The van der Waals surface area contributed by atoms with Crippen molar-refractivity contribution in [2.45, 2.75) is 110 Å². The molecule has 0 fully saturated rings. The molecule has 1 aliphatic heterocycles. The van der Waals surface area contributed by atoms with Crippen LogP contribution in [0.25, 0.3) is 11.1 Å². The highest BCUT2D eigenvalue weighted by Gasteiger charge is 2.44. The second-order valence-corrected chi connectivity index (χ2v) is 14.0. The van der Waals surface area contributed by atoms with Gasteiger partial charge in [0.05, 0.1) is 0 Å². The van der Waals surface area contributed by atoms with E-state index in [1.54, 1.807) is 21.5 Å². The quantitative estimate of drug-likeness (QED) is 0.213. The fraction of sp³-hybridized carbons (Fsp3) is 0.586. The van der Waals surface area contributed by atoms with Crippen LogP contribution in [0.1, 0.15) is 96.5 Å². The Morgan fingerprint density at radius 2 is 1.10 bits per heavy atom. The Balaban J connectivity index is 1.80. The van der Waals surface area contributed by atoms with Crippen LogP contribution in [0.4, 0.5) is 0 Å². The standard InChI is InChI=1S/C29H44Si/c1-4-6-8-10-12-16-22-30(23-17-13-11-9-7-5-2)28-19-15-14-18-26(28)27-21-20-25(3)24-29(27)30/h14-15,18-21,24H,4-13,16-17,22-23H2,1-3H3. The van der Waals surface area contributed by atoms with Gasteiger partial charge in [-0.05, 0) is 40.5 Å². The molecule has 0 spiro atoms. The molecule has 1 aliphatic rings. The van der Waals surface area contributed by atoms with E-state index in [1.807, 2.05) is 0 Å².